The number of benzene rings is 2. The van der Waals surface area contributed by atoms with Gasteiger partial charge in [0.1, 0.15) is 0 Å². The Morgan fingerprint density at radius 2 is 1.53 bits per heavy atom. The average Bonchev–Trinajstić information content (AvgIpc) is 2.86. The topological polar surface area (TPSA) is 9.23 Å². The fourth-order valence-electron chi connectivity index (χ4n) is 6.26. The van der Waals surface area contributed by atoms with Crippen molar-refractivity contribution in [3.63, 3.8) is 0 Å². The van der Waals surface area contributed by atoms with Gasteiger partial charge >= 0.3 is 0 Å². The lowest BCUT2D eigenvalue weighted by molar-refractivity contribution is 0.152. The minimum absolute atomic E-state index is 0.0530. The summed E-state index contributed by atoms with van der Waals surface area (Å²) in [4.78, 5) is 0. The van der Waals surface area contributed by atoms with Gasteiger partial charge in [0, 0.05) is 5.56 Å². The number of unbranched alkanes of at least 4 members (excludes halogenated alkanes) is 1. The third-order valence-corrected chi connectivity index (χ3v) is 8.30. The Morgan fingerprint density at radius 1 is 0.853 bits per heavy atom. The summed E-state index contributed by atoms with van der Waals surface area (Å²) >= 11 is 0. The number of hydrogen-bond acceptors (Lipinski definition) is 1. The molecular weight excluding hydrogens is 433 g/mol. The Labute approximate surface area is 202 Å². The predicted octanol–water partition coefficient (Wildman–Crippen LogP) is 9.47. The first kappa shape index (κ1) is 25.1. The Bertz CT molecular complexity index is 982. The van der Waals surface area contributed by atoms with Crippen molar-refractivity contribution in [2.45, 2.75) is 84.5 Å². The summed E-state index contributed by atoms with van der Waals surface area (Å²) in [5.41, 5.74) is 0.182. The number of halogens is 3. The molecule has 0 bridgehead atoms. The van der Waals surface area contributed by atoms with Crippen molar-refractivity contribution in [3.8, 4) is 5.75 Å². The molecule has 2 aromatic carbocycles. The van der Waals surface area contributed by atoms with E-state index in [1.165, 1.54) is 69.9 Å². The normalized spacial score (nSPS) is 25.8. The van der Waals surface area contributed by atoms with E-state index in [1.807, 2.05) is 6.08 Å². The zero-order valence-electron chi connectivity index (χ0n) is 20.7. The lowest BCUT2D eigenvalue weighted by atomic mass is 9.68. The summed E-state index contributed by atoms with van der Waals surface area (Å²) in [6.45, 7) is 4.26. The lowest BCUT2D eigenvalue weighted by Crippen LogP contribution is -2.25. The third-order valence-electron chi connectivity index (χ3n) is 8.30. The first-order valence-corrected chi connectivity index (χ1v) is 13.4. The van der Waals surface area contributed by atoms with Gasteiger partial charge in [0.25, 0.3) is 0 Å². The van der Waals surface area contributed by atoms with Gasteiger partial charge in [0.15, 0.2) is 23.2 Å². The van der Waals surface area contributed by atoms with E-state index < -0.39 is 17.5 Å². The van der Waals surface area contributed by atoms with Crippen molar-refractivity contribution < 1.29 is 17.9 Å². The molecule has 2 fully saturated rings. The number of allylic oxidation sites excluding steroid dienone is 1. The number of hydrogen-bond donors (Lipinski definition) is 0. The number of ether oxygens (including phenoxy) is 1. The molecule has 2 aliphatic rings. The second kappa shape index (κ2) is 11.6. The van der Waals surface area contributed by atoms with E-state index in [1.54, 1.807) is 19.1 Å². The van der Waals surface area contributed by atoms with E-state index in [9.17, 15) is 13.2 Å². The van der Waals surface area contributed by atoms with Gasteiger partial charge in [-0.15, -0.1) is 0 Å². The predicted molar refractivity (Wildman–Crippen MR) is 134 cm³/mol. The molecule has 0 saturated heterocycles. The largest absolute Gasteiger partial charge is 0.491 e. The fourth-order valence-corrected chi connectivity index (χ4v) is 6.26. The maximum absolute atomic E-state index is 14.8. The zero-order valence-corrected chi connectivity index (χ0v) is 20.7. The highest BCUT2D eigenvalue weighted by Crippen LogP contribution is 2.42. The smallest absolute Gasteiger partial charge is 0.175 e. The molecule has 0 unspecified atom stereocenters. The van der Waals surface area contributed by atoms with Gasteiger partial charge in [-0.3, -0.25) is 0 Å². The van der Waals surface area contributed by atoms with Crippen LogP contribution in [0, 0.1) is 41.1 Å². The van der Waals surface area contributed by atoms with Crippen molar-refractivity contribution in [2.75, 3.05) is 6.61 Å². The van der Waals surface area contributed by atoms with Crippen LogP contribution in [0.15, 0.2) is 24.3 Å². The van der Waals surface area contributed by atoms with Crippen molar-refractivity contribution in [1.82, 2.24) is 0 Å². The van der Waals surface area contributed by atoms with Crippen molar-refractivity contribution in [2.24, 2.45) is 23.7 Å². The first-order chi connectivity index (χ1) is 16.5. The van der Waals surface area contributed by atoms with Gasteiger partial charge in [-0.1, -0.05) is 57.2 Å². The Balaban J connectivity index is 1.36. The lowest BCUT2D eigenvalue weighted by Gasteiger charge is -2.37. The van der Waals surface area contributed by atoms with Crippen LogP contribution in [0.4, 0.5) is 13.2 Å². The molecular formula is C30H39F3O. The molecule has 0 amide bonds. The fraction of sp³-hybridized carbons (Fsp3) is 0.600. The molecule has 2 aromatic rings. The molecule has 0 atom stereocenters. The molecule has 0 aromatic heterocycles. The molecule has 2 saturated carbocycles. The standard InChI is InChI=1S/C30H39F3O/c1-3-5-6-20-7-12-22(13-8-20)23-14-9-21(10-15-23)11-16-25-19-24-17-18-26(34-4-2)29(32)27(24)30(33)28(25)31/h11,16-23H,3-10,12-15H2,1-2H3. The van der Waals surface area contributed by atoms with Crippen LogP contribution in [0.3, 0.4) is 0 Å². The molecule has 186 valence electrons. The molecule has 0 aliphatic heterocycles. The van der Waals surface area contributed by atoms with Crippen LogP contribution in [0.5, 0.6) is 5.75 Å². The number of fused-ring (bicyclic) bond motifs is 1. The number of rotatable bonds is 8. The molecule has 34 heavy (non-hydrogen) atoms. The monoisotopic (exact) mass is 472 g/mol. The van der Waals surface area contributed by atoms with E-state index >= 15 is 0 Å². The van der Waals surface area contributed by atoms with Gasteiger partial charge < -0.3 is 4.74 Å². The molecule has 1 nitrogen and oxygen atoms in total. The minimum atomic E-state index is -1.14. The second-order valence-corrected chi connectivity index (χ2v) is 10.5. The molecule has 0 N–H and O–H groups in total. The summed E-state index contributed by atoms with van der Waals surface area (Å²) in [7, 11) is 0. The molecule has 0 radical (unpaired) electrons. The molecule has 4 rings (SSSR count). The third kappa shape index (κ3) is 5.63. The van der Waals surface area contributed by atoms with Gasteiger partial charge in [-0.25, -0.2) is 13.2 Å². The van der Waals surface area contributed by atoms with Gasteiger partial charge in [0.2, 0.25) is 0 Å². The molecule has 0 spiro atoms. The average molecular weight is 473 g/mol. The maximum atomic E-state index is 14.8. The molecule has 0 heterocycles. The van der Waals surface area contributed by atoms with Crippen molar-refractivity contribution in [3.05, 3.63) is 47.3 Å². The Hall–Kier alpha value is -1.97. The van der Waals surface area contributed by atoms with Crippen LogP contribution in [0.25, 0.3) is 16.8 Å². The highest BCUT2D eigenvalue weighted by Gasteiger charge is 2.30. The quantitative estimate of drug-likeness (QED) is 0.372. The van der Waals surface area contributed by atoms with E-state index in [-0.39, 0.29) is 23.3 Å². The van der Waals surface area contributed by atoms with Gasteiger partial charge in [-0.2, -0.15) is 0 Å². The van der Waals surface area contributed by atoms with E-state index in [0.717, 1.165) is 30.6 Å². The van der Waals surface area contributed by atoms with E-state index in [2.05, 4.69) is 6.92 Å². The minimum Gasteiger partial charge on any atom is -0.491 e. The van der Waals surface area contributed by atoms with Crippen LogP contribution < -0.4 is 4.74 Å². The maximum Gasteiger partial charge on any atom is 0.175 e. The summed E-state index contributed by atoms with van der Waals surface area (Å²) < 4.78 is 49.3. The van der Waals surface area contributed by atoms with E-state index in [4.69, 9.17) is 4.74 Å². The summed E-state index contributed by atoms with van der Waals surface area (Å²) in [5, 5.41) is 0.00303. The second-order valence-electron chi connectivity index (χ2n) is 10.5. The van der Waals surface area contributed by atoms with Crippen LogP contribution in [-0.2, 0) is 0 Å². The Morgan fingerprint density at radius 3 is 2.18 bits per heavy atom. The van der Waals surface area contributed by atoms with Crippen LogP contribution >= 0.6 is 0 Å². The Kier molecular flexibility index (Phi) is 8.60. The van der Waals surface area contributed by atoms with Gasteiger partial charge in [0.05, 0.1) is 12.0 Å². The highest BCUT2D eigenvalue weighted by molar-refractivity contribution is 5.87. The first-order valence-electron chi connectivity index (χ1n) is 13.4. The summed E-state index contributed by atoms with van der Waals surface area (Å²) in [6.07, 6.45) is 18.1. The van der Waals surface area contributed by atoms with Crippen molar-refractivity contribution >= 4 is 16.8 Å². The van der Waals surface area contributed by atoms with Gasteiger partial charge in [-0.05, 0) is 86.6 Å². The molecule has 4 heteroatoms. The summed E-state index contributed by atoms with van der Waals surface area (Å²) in [5.74, 6) is 0.0193. The summed E-state index contributed by atoms with van der Waals surface area (Å²) in [6, 6.07) is 4.60. The van der Waals surface area contributed by atoms with E-state index in [0.29, 0.717) is 11.3 Å². The SMILES string of the molecule is CCCCC1CCC(C2CCC(C=Cc3cc4ccc(OCC)c(F)c4c(F)c3F)CC2)CC1. The van der Waals surface area contributed by atoms with Crippen LogP contribution in [-0.4, -0.2) is 6.61 Å². The van der Waals surface area contributed by atoms with Crippen LogP contribution in [0.2, 0.25) is 0 Å². The molecule has 2 aliphatic carbocycles. The van der Waals surface area contributed by atoms with Crippen LogP contribution in [0.1, 0.15) is 90.0 Å². The van der Waals surface area contributed by atoms with Crippen molar-refractivity contribution in [1.29, 1.82) is 0 Å². The zero-order chi connectivity index (χ0) is 24.1. The highest BCUT2D eigenvalue weighted by atomic mass is 19.2.